The van der Waals surface area contributed by atoms with Crippen molar-refractivity contribution in [2.24, 2.45) is 11.3 Å². The second kappa shape index (κ2) is 8.33. The maximum atomic E-state index is 12.1. The minimum Gasteiger partial charge on any atom is -0.457 e. The molecule has 0 bridgehead atoms. The van der Waals surface area contributed by atoms with Crippen LogP contribution in [-0.2, 0) is 9.53 Å². The fourth-order valence-electron chi connectivity index (χ4n) is 3.32. The molecule has 130 valence electrons. The molecule has 0 aromatic carbocycles. The summed E-state index contributed by atoms with van der Waals surface area (Å²) < 4.78 is 5.65. The molecule has 1 unspecified atom stereocenters. The van der Waals surface area contributed by atoms with Crippen molar-refractivity contribution in [2.75, 3.05) is 0 Å². The molecule has 0 amide bonds. The molecular formula is C19H36O3. The lowest BCUT2D eigenvalue weighted by Crippen LogP contribution is -2.40. The molecule has 1 fully saturated rings. The van der Waals surface area contributed by atoms with Crippen molar-refractivity contribution in [3.05, 3.63) is 0 Å². The Morgan fingerprint density at radius 3 is 2.23 bits per heavy atom. The summed E-state index contributed by atoms with van der Waals surface area (Å²) in [5, 5.41) is 10.0. The third kappa shape index (κ3) is 7.13. The Labute approximate surface area is 136 Å². The van der Waals surface area contributed by atoms with Crippen LogP contribution in [0.5, 0.6) is 0 Å². The molecule has 0 radical (unpaired) electrons. The van der Waals surface area contributed by atoms with Crippen LogP contribution in [-0.4, -0.2) is 22.8 Å². The van der Waals surface area contributed by atoms with Gasteiger partial charge in [0.1, 0.15) is 5.60 Å². The fourth-order valence-corrected chi connectivity index (χ4v) is 3.32. The van der Waals surface area contributed by atoms with Gasteiger partial charge in [0, 0.05) is 0 Å². The van der Waals surface area contributed by atoms with Gasteiger partial charge in [0.15, 0.2) is 6.10 Å². The third-order valence-corrected chi connectivity index (χ3v) is 4.88. The van der Waals surface area contributed by atoms with Crippen LogP contribution in [0.1, 0.15) is 92.4 Å². The number of esters is 1. The van der Waals surface area contributed by atoms with E-state index < -0.39 is 17.7 Å². The maximum absolute atomic E-state index is 12.1. The summed E-state index contributed by atoms with van der Waals surface area (Å²) in [6, 6.07) is 0. The maximum Gasteiger partial charge on any atom is 0.335 e. The van der Waals surface area contributed by atoms with Gasteiger partial charge >= 0.3 is 5.97 Å². The zero-order valence-corrected chi connectivity index (χ0v) is 15.3. The SMILES string of the molecule is CC(C)(C)CCCCC(O)C(=O)OC(C)(C)C1CCCCC1. The number of aliphatic hydroxyl groups is 1. The van der Waals surface area contributed by atoms with Crippen molar-refractivity contribution in [2.45, 2.75) is 104 Å². The first kappa shape index (κ1) is 19.5. The Hall–Kier alpha value is -0.570. The van der Waals surface area contributed by atoms with Crippen LogP contribution >= 0.6 is 0 Å². The van der Waals surface area contributed by atoms with E-state index in [1.54, 1.807) is 0 Å². The van der Waals surface area contributed by atoms with Crippen LogP contribution in [0.4, 0.5) is 0 Å². The highest BCUT2D eigenvalue weighted by atomic mass is 16.6. The quantitative estimate of drug-likeness (QED) is 0.539. The number of aliphatic hydroxyl groups excluding tert-OH is 1. The van der Waals surface area contributed by atoms with Gasteiger partial charge in [-0.25, -0.2) is 4.79 Å². The molecule has 1 aliphatic rings. The molecule has 0 saturated heterocycles. The summed E-state index contributed by atoms with van der Waals surface area (Å²) in [5.74, 6) is -0.00961. The van der Waals surface area contributed by atoms with Gasteiger partial charge in [0.05, 0.1) is 0 Å². The molecule has 0 spiro atoms. The largest absolute Gasteiger partial charge is 0.457 e. The number of carbonyl (C=O) groups excluding carboxylic acids is 1. The van der Waals surface area contributed by atoms with Crippen molar-refractivity contribution in [3.8, 4) is 0 Å². The van der Waals surface area contributed by atoms with Gasteiger partial charge in [-0.2, -0.15) is 0 Å². The number of carbonyl (C=O) groups is 1. The normalized spacial score (nSPS) is 19.0. The van der Waals surface area contributed by atoms with Crippen LogP contribution in [0.15, 0.2) is 0 Å². The Kier molecular flexibility index (Phi) is 7.37. The summed E-state index contributed by atoms with van der Waals surface area (Å²) in [6.07, 6.45) is 8.56. The van der Waals surface area contributed by atoms with Crippen molar-refractivity contribution in [3.63, 3.8) is 0 Å². The first-order chi connectivity index (χ1) is 10.1. The van der Waals surface area contributed by atoms with E-state index in [0.29, 0.717) is 17.8 Å². The predicted molar refractivity (Wildman–Crippen MR) is 90.7 cm³/mol. The van der Waals surface area contributed by atoms with Crippen LogP contribution in [0.25, 0.3) is 0 Å². The molecule has 1 atom stereocenters. The molecule has 3 heteroatoms. The standard InChI is InChI=1S/C19H36O3/c1-18(2,3)14-10-9-13-16(20)17(21)22-19(4,5)15-11-7-6-8-12-15/h15-16,20H,6-14H2,1-5H3. The summed E-state index contributed by atoms with van der Waals surface area (Å²) in [5.41, 5.74) is -0.141. The zero-order chi connectivity index (χ0) is 16.8. The minimum absolute atomic E-state index is 0.314. The van der Waals surface area contributed by atoms with Crippen LogP contribution in [0.2, 0.25) is 0 Å². The summed E-state index contributed by atoms with van der Waals surface area (Å²) in [4.78, 5) is 12.1. The van der Waals surface area contributed by atoms with E-state index in [9.17, 15) is 9.90 Å². The highest BCUT2D eigenvalue weighted by Gasteiger charge is 2.35. The van der Waals surface area contributed by atoms with Crippen molar-refractivity contribution in [1.82, 2.24) is 0 Å². The Bertz CT molecular complexity index is 335. The van der Waals surface area contributed by atoms with Gasteiger partial charge in [0.2, 0.25) is 0 Å². The number of ether oxygens (including phenoxy) is 1. The number of unbranched alkanes of at least 4 members (excludes halogenated alkanes) is 1. The summed E-state index contributed by atoms with van der Waals surface area (Å²) in [6.45, 7) is 10.6. The molecule has 3 nitrogen and oxygen atoms in total. The Morgan fingerprint density at radius 2 is 1.68 bits per heavy atom. The fraction of sp³-hybridized carbons (Fsp3) is 0.947. The molecule has 0 heterocycles. The highest BCUT2D eigenvalue weighted by molar-refractivity contribution is 5.74. The number of hydrogen-bond acceptors (Lipinski definition) is 3. The van der Waals surface area contributed by atoms with Gasteiger partial charge in [-0.15, -0.1) is 0 Å². The monoisotopic (exact) mass is 312 g/mol. The molecule has 1 rings (SSSR count). The smallest absolute Gasteiger partial charge is 0.335 e. The summed E-state index contributed by atoms with van der Waals surface area (Å²) in [7, 11) is 0. The van der Waals surface area contributed by atoms with E-state index in [1.165, 1.54) is 19.3 Å². The van der Waals surface area contributed by atoms with Crippen molar-refractivity contribution in [1.29, 1.82) is 0 Å². The van der Waals surface area contributed by atoms with E-state index in [1.807, 2.05) is 13.8 Å². The lowest BCUT2D eigenvalue weighted by molar-refractivity contribution is -0.173. The molecule has 1 aliphatic carbocycles. The van der Waals surface area contributed by atoms with Crippen LogP contribution < -0.4 is 0 Å². The highest BCUT2D eigenvalue weighted by Crippen LogP contribution is 2.35. The average molecular weight is 312 g/mol. The van der Waals surface area contributed by atoms with Gasteiger partial charge in [-0.1, -0.05) is 52.9 Å². The van der Waals surface area contributed by atoms with E-state index >= 15 is 0 Å². The van der Waals surface area contributed by atoms with Crippen LogP contribution in [0, 0.1) is 11.3 Å². The van der Waals surface area contributed by atoms with E-state index in [-0.39, 0.29) is 0 Å². The van der Waals surface area contributed by atoms with Gasteiger partial charge < -0.3 is 9.84 Å². The van der Waals surface area contributed by atoms with Crippen molar-refractivity contribution < 1.29 is 14.6 Å². The molecule has 0 aromatic heterocycles. The van der Waals surface area contributed by atoms with Gasteiger partial charge in [-0.05, 0) is 50.9 Å². The van der Waals surface area contributed by atoms with E-state index in [2.05, 4.69) is 20.8 Å². The molecule has 0 aliphatic heterocycles. The average Bonchev–Trinajstić information content (AvgIpc) is 2.43. The predicted octanol–water partition coefficient (Wildman–Crippen LogP) is 4.86. The lowest BCUT2D eigenvalue weighted by Gasteiger charge is -2.37. The molecule has 22 heavy (non-hydrogen) atoms. The van der Waals surface area contributed by atoms with E-state index in [0.717, 1.165) is 32.1 Å². The first-order valence-electron chi connectivity index (χ1n) is 9.03. The number of rotatable bonds is 7. The molecule has 1 saturated carbocycles. The van der Waals surface area contributed by atoms with Crippen molar-refractivity contribution >= 4 is 5.97 Å². The molecule has 1 N–H and O–H groups in total. The first-order valence-corrected chi connectivity index (χ1v) is 9.03. The van der Waals surface area contributed by atoms with E-state index in [4.69, 9.17) is 4.74 Å². The molecular weight excluding hydrogens is 276 g/mol. The summed E-state index contributed by atoms with van der Waals surface area (Å²) >= 11 is 0. The minimum atomic E-state index is -0.970. The molecule has 0 aromatic rings. The zero-order valence-electron chi connectivity index (χ0n) is 15.3. The second-order valence-corrected chi connectivity index (χ2v) is 8.68. The van der Waals surface area contributed by atoms with Gasteiger partial charge in [-0.3, -0.25) is 0 Å². The van der Waals surface area contributed by atoms with Gasteiger partial charge in [0.25, 0.3) is 0 Å². The Morgan fingerprint density at radius 1 is 1.09 bits per heavy atom. The van der Waals surface area contributed by atoms with Crippen LogP contribution in [0.3, 0.4) is 0 Å². The number of hydrogen-bond donors (Lipinski definition) is 1. The second-order valence-electron chi connectivity index (χ2n) is 8.68. The third-order valence-electron chi connectivity index (χ3n) is 4.88. The topological polar surface area (TPSA) is 46.5 Å². The Balaban J connectivity index is 2.33. The lowest BCUT2D eigenvalue weighted by atomic mass is 9.79.